The maximum absolute atomic E-state index is 13.1. The van der Waals surface area contributed by atoms with Crippen LogP contribution in [0.1, 0.15) is 37.5 Å². The molecule has 1 fully saturated rings. The molecule has 29 heavy (non-hydrogen) atoms. The molecular formula is C24H24N2OS2. The lowest BCUT2D eigenvalue weighted by molar-refractivity contribution is -0.113. The second-order valence-corrected chi connectivity index (χ2v) is 9.79. The van der Waals surface area contributed by atoms with Gasteiger partial charge < -0.3 is 4.90 Å². The SMILES string of the molecule is CC1=CC(C)(C)N(C)c2cc(C)c(/C=C3/SC(=S)N(c4ccccc4)C3=O)cc21. The molecule has 0 saturated carbocycles. The predicted molar refractivity (Wildman–Crippen MR) is 129 cm³/mol. The molecule has 3 nitrogen and oxygen atoms in total. The number of thiocarbonyl (C=S) groups is 1. The lowest BCUT2D eigenvalue weighted by Crippen LogP contribution is -2.42. The minimum Gasteiger partial charge on any atom is -0.365 e. The van der Waals surface area contributed by atoms with Crippen LogP contribution in [0.2, 0.25) is 0 Å². The molecule has 0 unspecified atom stereocenters. The van der Waals surface area contributed by atoms with Crippen LogP contribution in [0, 0.1) is 6.92 Å². The van der Waals surface area contributed by atoms with E-state index in [0.717, 1.165) is 16.8 Å². The summed E-state index contributed by atoms with van der Waals surface area (Å²) < 4.78 is 0.570. The van der Waals surface area contributed by atoms with Crippen LogP contribution in [0.3, 0.4) is 0 Å². The van der Waals surface area contributed by atoms with E-state index in [2.05, 4.69) is 57.9 Å². The average Bonchev–Trinajstić information content (AvgIpc) is 2.95. The highest BCUT2D eigenvalue weighted by Crippen LogP contribution is 2.41. The first kappa shape index (κ1) is 19.9. The Labute approximate surface area is 182 Å². The molecule has 1 amide bonds. The Morgan fingerprint density at radius 1 is 1.10 bits per heavy atom. The van der Waals surface area contributed by atoms with Crippen molar-refractivity contribution in [1.82, 2.24) is 0 Å². The fraction of sp³-hybridized carbons (Fsp3) is 0.250. The summed E-state index contributed by atoms with van der Waals surface area (Å²) in [6, 6.07) is 14.0. The van der Waals surface area contributed by atoms with Crippen molar-refractivity contribution in [3.63, 3.8) is 0 Å². The summed E-state index contributed by atoms with van der Waals surface area (Å²) in [6.45, 7) is 8.69. The molecule has 4 rings (SSSR count). The molecule has 0 aromatic heterocycles. The average molecular weight is 421 g/mol. The van der Waals surface area contributed by atoms with Crippen LogP contribution in [0.5, 0.6) is 0 Å². The van der Waals surface area contributed by atoms with Crippen LogP contribution in [0.25, 0.3) is 11.6 Å². The van der Waals surface area contributed by atoms with Crippen molar-refractivity contribution in [3.8, 4) is 0 Å². The summed E-state index contributed by atoms with van der Waals surface area (Å²) in [7, 11) is 2.13. The van der Waals surface area contributed by atoms with Gasteiger partial charge in [0.2, 0.25) is 0 Å². The first-order valence-electron chi connectivity index (χ1n) is 9.60. The third kappa shape index (κ3) is 3.43. The highest BCUT2D eigenvalue weighted by atomic mass is 32.2. The molecule has 2 aromatic carbocycles. The van der Waals surface area contributed by atoms with Gasteiger partial charge in [0.1, 0.15) is 0 Å². The number of thioether (sulfide) groups is 1. The predicted octanol–water partition coefficient (Wildman–Crippen LogP) is 6.03. The van der Waals surface area contributed by atoms with Crippen molar-refractivity contribution < 1.29 is 4.79 Å². The van der Waals surface area contributed by atoms with Crippen molar-refractivity contribution in [3.05, 3.63) is 70.1 Å². The minimum atomic E-state index is -0.0613. The number of amides is 1. The molecule has 2 heterocycles. The Hall–Kier alpha value is -2.37. The maximum Gasteiger partial charge on any atom is 0.270 e. The molecule has 5 heteroatoms. The number of hydrogen-bond donors (Lipinski definition) is 0. The van der Waals surface area contributed by atoms with Gasteiger partial charge in [-0.25, -0.2) is 0 Å². The lowest BCUT2D eigenvalue weighted by atomic mass is 9.87. The number of hydrogen-bond acceptors (Lipinski definition) is 4. The molecule has 1 saturated heterocycles. The smallest absolute Gasteiger partial charge is 0.270 e. The summed E-state index contributed by atoms with van der Waals surface area (Å²) in [4.78, 5) is 17.6. The molecule has 148 valence electrons. The summed E-state index contributed by atoms with van der Waals surface area (Å²) in [5, 5.41) is 0. The highest BCUT2D eigenvalue weighted by Gasteiger charge is 2.34. The van der Waals surface area contributed by atoms with E-state index in [1.165, 1.54) is 28.6 Å². The zero-order valence-corrected chi connectivity index (χ0v) is 18.9. The van der Waals surface area contributed by atoms with Gasteiger partial charge in [-0.2, -0.15) is 0 Å². The van der Waals surface area contributed by atoms with Crippen LogP contribution >= 0.6 is 24.0 Å². The van der Waals surface area contributed by atoms with E-state index in [1.807, 2.05) is 36.4 Å². The monoisotopic (exact) mass is 420 g/mol. The molecule has 0 spiro atoms. The number of nitrogens with zero attached hydrogens (tertiary/aromatic N) is 2. The Bertz CT molecular complexity index is 1080. The molecule has 0 atom stereocenters. The van der Waals surface area contributed by atoms with Crippen molar-refractivity contribution >= 4 is 57.2 Å². The third-order valence-corrected chi connectivity index (χ3v) is 7.00. The van der Waals surface area contributed by atoms with Gasteiger partial charge in [-0.05, 0) is 74.7 Å². The number of fused-ring (bicyclic) bond motifs is 1. The molecule has 0 bridgehead atoms. The molecule has 0 aliphatic carbocycles. The third-order valence-electron chi connectivity index (χ3n) is 5.70. The number of aryl methyl sites for hydroxylation is 1. The number of allylic oxidation sites excluding steroid dienone is 1. The highest BCUT2D eigenvalue weighted by molar-refractivity contribution is 8.27. The zero-order valence-electron chi connectivity index (χ0n) is 17.3. The van der Waals surface area contributed by atoms with Gasteiger partial charge in [-0.3, -0.25) is 9.69 Å². The molecule has 2 aromatic rings. The Morgan fingerprint density at radius 2 is 1.79 bits per heavy atom. The Kier molecular flexibility index (Phi) is 4.91. The van der Waals surface area contributed by atoms with Gasteiger partial charge in [0.15, 0.2) is 4.32 Å². The molecule has 2 aliphatic rings. The Morgan fingerprint density at radius 3 is 2.48 bits per heavy atom. The molecular weight excluding hydrogens is 396 g/mol. The molecule has 2 aliphatic heterocycles. The summed E-state index contributed by atoms with van der Waals surface area (Å²) >= 11 is 6.86. The first-order chi connectivity index (χ1) is 13.7. The van der Waals surface area contributed by atoms with Gasteiger partial charge in [-0.1, -0.05) is 48.3 Å². The van der Waals surface area contributed by atoms with E-state index in [0.29, 0.717) is 9.23 Å². The van der Waals surface area contributed by atoms with Crippen LogP contribution < -0.4 is 9.80 Å². The molecule has 0 radical (unpaired) electrons. The van der Waals surface area contributed by atoms with Crippen molar-refractivity contribution in [2.24, 2.45) is 0 Å². The quantitative estimate of drug-likeness (QED) is 0.437. The van der Waals surface area contributed by atoms with E-state index in [4.69, 9.17) is 12.2 Å². The van der Waals surface area contributed by atoms with E-state index >= 15 is 0 Å². The number of para-hydroxylation sites is 1. The Balaban J connectivity index is 1.74. The van der Waals surface area contributed by atoms with Gasteiger partial charge in [-0.15, -0.1) is 0 Å². The van der Waals surface area contributed by atoms with E-state index in [-0.39, 0.29) is 11.4 Å². The van der Waals surface area contributed by atoms with E-state index in [9.17, 15) is 4.79 Å². The molecule has 0 N–H and O–H groups in total. The fourth-order valence-corrected chi connectivity index (χ4v) is 5.17. The second-order valence-electron chi connectivity index (χ2n) is 8.12. The van der Waals surface area contributed by atoms with Gasteiger partial charge in [0.05, 0.1) is 16.1 Å². The van der Waals surface area contributed by atoms with E-state index < -0.39 is 0 Å². The van der Waals surface area contributed by atoms with Crippen molar-refractivity contribution in [1.29, 1.82) is 0 Å². The van der Waals surface area contributed by atoms with E-state index in [1.54, 1.807) is 4.90 Å². The number of benzene rings is 2. The zero-order chi connectivity index (χ0) is 20.9. The topological polar surface area (TPSA) is 23.6 Å². The largest absolute Gasteiger partial charge is 0.365 e. The maximum atomic E-state index is 13.1. The van der Waals surface area contributed by atoms with Crippen LogP contribution in [-0.2, 0) is 4.79 Å². The van der Waals surface area contributed by atoms with Gasteiger partial charge in [0.25, 0.3) is 5.91 Å². The first-order valence-corrected chi connectivity index (χ1v) is 10.8. The standard InChI is InChI=1S/C24H24N2OS2/c1-15-11-20-19(16(2)14-24(3,4)25(20)5)12-17(15)13-21-22(27)26(23(28)29-21)18-9-7-6-8-10-18/h6-14H,1-5H3/b21-13+. The lowest BCUT2D eigenvalue weighted by Gasteiger charge is -2.41. The van der Waals surface area contributed by atoms with Gasteiger partial charge >= 0.3 is 0 Å². The fourth-order valence-electron chi connectivity index (χ4n) is 3.88. The van der Waals surface area contributed by atoms with Crippen LogP contribution in [0.15, 0.2) is 53.4 Å². The number of carbonyl (C=O) groups excluding carboxylic acids is 1. The second kappa shape index (κ2) is 7.15. The summed E-state index contributed by atoms with van der Waals surface area (Å²) in [6.07, 6.45) is 4.27. The van der Waals surface area contributed by atoms with Crippen molar-refractivity contribution in [2.45, 2.75) is 33.2 Å². The van der Waals surface area contributed by atoms with Crippen LogP contribution in [0.4, 0.5) is 11.4 Å². The van der Waals surface area contributed by atoms with Crippen LogP contribution in [-0.4, -0.2) is 22.8 Å². The number of carbonyl (C=O) groups is 1. The normalized spacial score (nSPS) is 19.6. The summed E-state index contributed by atoms with van der Waals surface area (Å²) in [5.41, 5.74) is 6.68. The number of anilines is 2. The van der Waals surface area contributed by atoms with Crippen molar-refractivity contribution in [2.75, 3.05) is 16.8 Å². The van der Waals surface area contributed by atoms with Gasteiger partial charge in [0, 0.05) is 18.3 Å². The number of rotatable bonds is 2. The summed E-state index contributed by atoms with van der Waals surface area (Å²) in [5.74, 6) is -0.0613. The number of likely N-dealkylation sites (N-methyl/N-ethyl adjacent to an activating group) is 1. The minimum absolute atomic E-state index is 0.0247.